The number of nitrogens with one attached hydrogen (secondary N) is 1. The number of carbonyl (C=O) groups is 1. The van der Waals surface area contributed by atoms with Gasteiger partial charge in [-0.05, 0) is 24.3 Å². The van der Waals surface area contributed by atoms with Crippen molar-refractivity contribution in [3.8, 4) is 5.75 Å². The highest BCUT2D eigenvalue weighted by atomic mass is 16.6. The molecule has 22 heavy (non-hydrogen) atoms. The first-order valence-corrected chi connectivity index (χ1v) is 6.65. The Morgan fingerprint density at radius 1 is 1.18 bits per heavy atom. The first kappa shape index (κ1) is 15.4. The molecule has 0 aliphatic rings. The Morgan fingerprint density at radius 3 is 2.73 bits per heavy atom. The highest BCUT2D eigenvalue weighted by Gasteiger charge is 2.03. The summed E-state index contributed by atoms with van der Waals surface area (Å²) in [5.74, 6) is 1.16. The molecular weight excluding hydrogens is 286 g/mol. The van der Waals surface area contributed by atoms with Gasteiger partial charge in [0.05, 0.1) is 12.8 Å². The lowest BCUT2D eigenvalue weighted by atomic mass is 10.3. The molecule has 116 valence electrons. The minimum Gasteiger partial charge on any atom is -0.486 e. The van der Waals surface area contributed by atoms with Crippen LogP contribution in [0.2, 0.25) is 0 Å². The number of ether oxygens (including phenoxy) is 1. The molecule has 7 nitrogen and oxygen atoms in total. The molecule has 7 heteroatoms. The molecule has 0 atom stereocenters. The Balaban J connectivity index is 1.62. The molecular formula is C15H17N3O4. The van der Waals surface area contributed by atoms with Gasteiger partial charge in [0.1, 0.15) is 18.1 Å². The van der Waals surface area contributed by atoms with E-state index in [-0.39, 0.29) is 25.0 Å². The van der Waals surface area contributed by atoms with E-state index in [1.807, 2.05) is 18.2 Å². The highest BCUT2D eigenvalue weighted by Crippen LogP contribution is 2.07. The molecule has 0 radical (unpaired) electrons. The van der Waals surface area contributed by atoms with Crippen molar-refractivity contribution in [1.82, 2.24) is 5.32 Å². The van der Waals surface area contributed by atoms with Gasteiger partial charge in [-0.2, -0.15) is 0 Å². The van der Waals surface area contributed by atoms with E-state index in [2.05, 4.69) is 10.5 Å². The summed E-state index contributed by atoms with van der Waals surface area (Å²) in [4.78, 5) is 16.3. The van der Waals surface area contributed by atoms with Gasteiger partial charge >= 0.3 is 0 Å². The Bertz CT molecular complexity index is 597. The Hall–Kier alpha value is -2.96. The van der Waals surface area contributed by atoms with Crippen molar-refractivity contribution in [2.45, 2.75) is 6.54 Å². The maximum Gasteiger partial charge on any atom is 0.261 e. The third-order valence-corrected chi connectivity index (χ3v) is 2.55. The van der Waals surface area contributed by atoms with Gasteiger partial charge in [-0.3, -0.25) is 4.79 Å². The van der Waals surface area contributed by atoms with Crippen molar-refractivity contribution in [3.63, 3.8) is 0 Å². The van der Waals surface area contributed by atoms with Crippen molar-refractivity contribution in [3.05, 3.63) is 54.5 Å². The third-order valence-electron chi connectivity index (χ3n) is 2.55. The lowest BCUT2D eigenvalue weighted by Gasteiger charge is -2.05. The summed E-state index contributed by atoms with van der Waals surface area (Å²) in [6.45, 7) is 0.149. The van der Waals surface area contributed by atoms with Crippen LogP contribution in [-0.2, 0) is 16.2 Å². The highest BCUT2D eigenvalue weighted by molar-refractivity contribution is 5.81. The predicted octanol–water partition coefficient (Wildman–Crippen LogP) is 1.26. The topological polar surface area (TPSA) is 99.1 Å². The van der Waals surface area contributed by atoms with E-state index in [0.717, 1.165) is 0 Å². The van der Waals surface area contributed by atoms with Gasteiger partial charge < -0.3 is 25.0 Å². The van der Waals surface area contributed by atoms with Gasteiger partial charge in [0.2, 0.25) is 0 Å². The van der Waals surface area contributed by atoms with E-state index in [4.69, 9.17) is 19.7 Å². The molecule has 0 unspecified atom stereocenters. The van der Waals surface area contributed by atoms with Crippen molar-refractivity contribution < 1.29 is 18.8 Å². The number of oxime groups is 1. The van der Waals surface area contributed by atoms with E-state index in [0.29, 0.717) is 18.1 Å². The second-order valence-corrected chi connectivity index (χ2v) is 4.31. The normalized spacial score (nSPS) is 11.0. The van der Waals surface area contributed by atoms with Crippen LogP contribution in [0.25, 0.3) is 0 Å². The maximum absolute atomic E-state index is 11.5. The molecule has 2 rings (SSSR count). The number of carbonyl (C=O) groups excluding carboxylic acids is 1. The number of amidine groups is 1. The standard InChI is InChI=1S/C15H17N3O4/c16-14(10-21-12-5-2-1-3-6-12)18-22-11-15(19)17-9-13-7-4-8-20-13/h1-8H,9-11H2,(H2,16,18)(H,17,19). The molecule has 0 spiro atoms. The minimum atomic E-state index is -0.322. The largest absolute Gasteiger partial charge is 0.486 e. The van der Waals surface area contributed by atoms with Crippen LogP contribution in [0.3, 0.4) is 0 Å². The molecule has 3 N–H and O–H groups in total. The fraction of sp³-hybridized carbons (Fsp3) is 0.200. The van der Waals surface area contributed by atoms with Gasteiger partial charge in [-0.25, -0.2) is 0 Å². The summed E-state index contributed by atoms with van der Waals surface area (Å²) >= 11 is 0. The van der Waals surface area contributed by atoms with Gasteiger partial charge in [0.15, 0.2) is 12.4 Å². The summed E-state index contributed by atoms with van der Waals surface area (Å²) < 4.78 is 10.5. The third kappa shape index (κ3) is 5.58. The zero-order valence-electron chi connectivity index (χ0n) is 11.9. The molecule has 1 aromatic heterocycles. The molecule has 0 fully saturated rings. The van der Waals surface area contributed by atoms with Crippen molar-refractivity contribution in [2.24, 2.45) is 10.9 Å². The summed E-state index contributed by atoms with van der Waals surface area (Å²) in [6, 6.07) is 12.7. The first-order valence-electron chi connectivity index (χ1n) is 6.65. The predicted molar refractivity (Wildman–Crippen MR) is 80.1 cm³/mol. The van der Waals surface area contributed by atoms with Crippen LogP contribution in [0, 0.1) is 0 Å². The van der Waals surface area contributed by atoms with Crippen molar-refractivity contribution in [1.29, 1.82) is 0 Å². The molecule has 0 saturated heterocycles. The second kappa shape index (κ2) is 8.35. The SMILES string of the molecule is N/C(COc1ccccc1)=N\OCC(=O)NCc1ccco1. The second-order valence-electron chi connectivity index (χ2n) is 4.31. The van der Waals surface area contributed by atoms with Crippen LogP contribution in [0.15, 0.2) is 58.3 Å². The Morgan fingerprint density at radius 2 is 2.00 bits per heavy atom. The Kier molecular flexibility index (Phi) is 5.86. The van der Waals surface area contributed by atoms with Crippen LogP contribution in [-0.4, -0.2) is 25.0 Å². The average Bonchev–Trinajstić information content (AvgIpc) is 3.05. The average molecular weight is 303 g/mol. The summed E-state index contributed by atoms with van der Waals surface area (Å²) in [5, 5.41) is 6.23. The number of benzene rings is 1. The number of amides is 1. The van der Waals surface area contributed by atoms with E-state index >= 15 is 0 Å². The van der Waals surface area contributed by atoms with Crippen LogP contribution in [0.5, 0.6) is 5.75 Å². The number of rotatable bonds is 8. The zero-order valence-corrected chi connectivity index (χ0v) is 11.9. The summed E-state index contributed by atoms with van der Waals surface area (Å²) in [7, 11) is 0. The van der Waals surface area contributed by atoms with Crippen molar-refractivity contribution >= 4 is 11.7 Å². The van der Waals surface area contributed by atoms with E-state index in [1.54, 1.807) is 24.3 Å². The molecule has 1 heterocycles. The molecule has 0 aliphatic heterocycles. The number of furan rings is 1. The van der Waals surface area contributed by atoms with Crippen LogP contribution >= 0.6 is 0 Å². The van der Waals surface area contributed by atoms with Crippen LogP contribution < -0.4 is 15.8 Å². The smallest absolute Gasteiger partial charge is 0.261 e. The molecule has 1 amide bonds. The number of hydrogen-bond acceptors (Lipinski definition) is 5. The molecule has 0 bridgehead atoms. The number of nitrogens with zero attached hydrogens (tertiary/aromatic N) is 1. The molecule has 1 aromatic carbocycles. The molecule has 0 saturated carbocycles. The van der Waals surface area contributed by atoms with E-state index in [1.165, 1.54) is 6.26 Å². The van der Waals surface area contributed by atoms with E-state index in [9.17, 15) is 4.79 Å². The van der Waals surface area contributed by atoms with E-state index < -0.39 is 0 Å². The van der Waals surface area contributed by atoms with Gasteiger partial charge in [0.25, 0.3) is 5.91 Å². The lowest BCUT2D eigenvalue weighted by molar-refractivity contribution is -0.125. The van der Waals surface area contributed by atoms with Crippen molar-refractivity contribution in [2.75, 3.05) is 13.2 Å². The van der Waals surface area contributed by atoms with Gasteiger partial charge in [-0.1, -0.05) is 23.4 Å². The number of nitrogens with two attached hydrogens (primary N) is 1. The van der Waals surface area contributed by atoms with Crippen LogP contribution in [0.4, 0.5) is 0 Å². The summed E-state index contributed by atoms with van der Waals surface area (Å²) in [5.41, 5.74) is 5.61. The lowest BCUT2D eigenvalue weighted by Crippen LogP contribution is -2.27. The molecule has 2 aromatic rings. The first-order chi connectivity index (χ1) is 10.7. The monoisotopic (exact) mass is 303 g/mol. The number of para-hydroxylation sites is 1. The zero-order chi connectivity index (χ0) is 15.6. The molecule has 0 aliphatic carbocycles. The van der Waals surface area contributed by atoms with Gasteiger partial charge in [-0.15, -0.1) is 0 Å². The minimum absolute atomic E-state index is 0.0814. The number of hydrogen-bond donors (Lipinski definition) is 2. The van der Waals surface area contributed by atoms with Crippen LogP contribution in [0.1, 0.15) is 5.76 Å². The van der Waals surface area contributed by atoms with Gasteiger partial charge in [0, 0.05) is 0 Å². The summed E-state index contributed by atoms with van der Waals surface area (Å²) in [6.07, 6.45) is 1.54. The fourth-order valence-electron chi connectivity index (χ4n) is 1.52. The maximum atomic E-state index is 11.5. The Labute approximate surface area is 127 Å². The quantitative estimate of drug-likeness (QED) is 0.434. The fourth-order valence-corrected chi connectivity index (χ4v) is 1.52.